The Labute approximate surface area is 120 Å². The fourth-order valence-corrected chi connectivity index (χ4v) is 4.52. The minimum absolute atomic E-state index is 0.0658. The van der Waals surface area contributed by atoms with Crippen molar-refractivity contribution >= 4 is 32.5 Å². The Kier molecular flexibility index (Phi) is 3.13. The smallest absolute Gasteiger partial charge is 0.193 e. The topological polar surface area (TPSA) is 84.8 Å². The van der Waals surface area contributed by atoms with Crippen molar-refractivity contribution in [3.8, 4) is 0 Å². The van der Waals surface area contributed by atoms with Crippen LogP contribution in [0.15, 0.2) is 10.9 Å². The van der Waals surface area contributed by atoms with Crippen LogP contribution in [0.1, 0.15) is 23.9 Å². The predicted octanol–water partition coefficient (Wildman–Crippen LogP) is 1.13. The van der Waals surface area contributed by atoms with Crippen LogP contribution in [-0.2, 0) is 15.7 Å². The van der Waals surface area contributed by atoms with E-state index in [1.807, 2.05) is 0 Å². The molecular weight excluding hydrogens is 302 g/mol. The maximum atomic E-state index is 12.1. The van der Waals surface area contributed by atoms with Crippen LogP contribution in [-0.4, -0.2) is 34.7 Å². The van der Waals surface area contributed by atoms with Crippen LogP contribution in [0.2, 0.25) is 0 Å². The molecule has 0 bridgehead atoms. The number of pyridine rings is 1. The first-order valence-electron chi connectivity index (χ1n) is 6.28. The lowest BCUT2D eigenvalue weighted by atomic mass is 10.2. The van der Waals surface area contributed by atoms with Crippen LogP contribution < -0.4 is 5.43 Å². The zero-order valence-electron chi connectivity index (χ0n) is 10.9. The minimum Gasteiger partial charge on any atom is -0.342 e. The van der Waals surface area contributed by atoms with Gasteiger partial charge in [-0.25, -0.2) is 13.1 Å². The van der Waals surface area contributed by atoms with Gasteiger partial charge in [-0.2, -0.15) is 5.10 Å². The van der Waals surface area contributed by atoms with Crippen LogP contribution >= 0.6 is 11.6 Å². The number of aryl methyl sites for hydroxylation is 1. The van der Waals surface area contributed by atoms with Gasteiger partial charge in [-0.15, -0.1) is 11.6 Å². The van der Waals surface area contributed by atoms with E-state index in [9.17, 15) is 13.2 Å². The highest BCUT2D eigenvalue weighted by Crippen LogP contribution is 2.26. The number of fused-ring (bicyclic) bond motifs is 1. The van der Waals surface area contributed by atoms with Crippen molar-refractivity contribution in [1.82, 2.24) is 14.8 Å². The maximum absolute atomic E-state index is 12.1. The fourth-order valence-electron chi connectivity index (χ4n) is 2.69. The average Bonchev–Trinajstić information content (AvgIpc) is 2.90. The van der Waals surface area contributed by atoms with Crippen molar-refractivity contribution in [1.29, 1.82) is 0 Å². The summed E-state index contributed by atoms with van der Waals surface area (Å²) >= 11 is 5.77. The van der Waals surface area contributed by atoms with E-state index in [0.29, 0.717) is 28.8 Å². The average molecular weight is 316 g/mol. The summed E-state index contributed by atoms with van der Waals surface area (Å²) in [4.78, 5) is 15.2. The van der Waals surface area contributed by atoms with Gasteiger partial charge in [-0.3, -0.25) is 4.79 Å². The Balaban J connectivity index is 2.22. The van der Waals surface area contributed by atoms with Crippen molar-refractivity contribution in [2.75, 3.05) is 11.5 Å². The van der Waals surface area contributed by atoms with E-state index in [4.69, 9.17) is 11.6 Å². The largest absolute Gasteiger partial charge is 0.342 e. The third kappa shape index (κ3) is 2.14. The van der Waals surface area contributed by atoms with Crippen molar-refractivity contribution in [2.45, 2.75) is 25.3 Å². The van der Waals surface area contributed by atoms with E-state index >= 15 is 0 Å². The van der Waals surface area contributed by atoms with Gasteiger partial charge < -0.3 is 4.98 Å². The summed E-state index contributed by atoms with van der Waals surface area (Å²) in [6.07, 6.45) is 0.520. The third-order valence-corrected chi connectivity index (χ3v) is 5.65. The second kappa shape index (κ2) is 4.60. The van der Waals surface area contributed by atoms with Gasteiger partial charge in [-0.05, 0) is 13.3 Å². The molecule has 1 N–H and O–H groups in total. The molecule has 0 aromatic carbocycles. The Hall–Kier alpha value is -1.34. The zero-order valence-corrected chi connectivity index (χ0v) is 12.5. The molecule has 1 atom stereocenters. The van der Waals surface area contributed by atoms with Gasteiger partial charge >= 0.3 is 0 Å². The van der Waals surface area contributed by atoms with Crippen LogP contribution in [0.25, 0.3) is 11.0 Å². The molecule has 20 heavy (non-hydrogen) atoms. The first-order chi connectivity index (χ1) is 9.41. The van der Waals surface area contributed by atoms with E-state index < -0.39 is 9.84 Å². The number of hydrogen-bond donors (Lipinski definition) is 1. The minimum atomic E-state index is -3.01. The molecule has 0 spiro atoms. The molecule has 1 aliphatic rings. The summed E-state index contributed by atoms with van der Waals surface area (Å²) < 4.78 is 24.9. The highest BCUT2D eigenvalue weighted by atomic mass is 35.5. The molecule has 3 heterocycles. The van der Waals surface area contributed by atoms with Crippen molar-refractivity contribution in [3.63, 3.8) is 0 Å². The third-order valence-electron chi connectivity index (χ3n) is 3.61. The molecule has 1 saturated heterocycles. The molecule has 2 aromatic rings. The predicted molar refractivity (Wildman–Crippen MR) is 77.0 cm³/mol. The van der Waals surface area contributed by atoms with Crippen molar-refractivity contribution in [3.05, 3.63) is 27.7 Å². The second-order valence-corrected chi connectivity index (χ2v) is 7.60. The molecule has 3 rings (SSSR count). The van der Waals surface area contributed by atoms with Gasteiger partial charge in [0.1, 0.15) is 5.65 Å². The van der Waals surface area contributed by atoms with Gasteiger partial charge in [0.25, 0.3) is 0 Å². The number of rotatable bonds is 2. The van der Waals surface area contributed by atoms with Gasteiger partial charge in [0.2, 0.25) is 0 Å². The number of halogens is 1. The number of aromatic amines is 1. The molecule has 0 unspecified atom stereocenters. The molecule has 108 valence electrons. The van der Waals surface area contributed by atoms with Gasteiger partial charge in [0.15, 0.2) is 15.3 Å². The molecule has 0 radical (unpaired) electrons. The molecule has 8 heteroatoms. The fraction of sp³-hybridized carbons (Fsp3) is 0.500. The maximum Gasteiger partial charge on any atom is 0.193 e. The Morgan fingerprint density at radius 1 is 1.55 bits per heavy atom. The summed E-state index contributed by atoms with van der Waals surface area (Å²) in [6.45, 7) is 1.75. The first-order valence-corrected chi connectivity index (χ1v) is 8.64. The summed E-state index contributed by atoms with van der Waals surface area (Å²) in [5, 5.41) is 4.85. The van der Waals surface area contributed by atoms with Crippen LogP contribution in [0.5, 0.6) is 0 Å². The van der Waals surface area contributed by atoms with E-state index in [-0.39, 0.29) is 28.9 Å². The number of H-pyrrole nitrogens is 1. The summed E-state index contributed by atoms with van der Waals surface area (Å²) in [5.41, 5.74) is 1.63. The Morgan fingerprint density at radius 2 is 2.30 bits per heavy atom. The van der Waals surface area contributed by atoms with Crippen molar-refractivity contribution in [2.24, 2.45) is 0 Å². The van der Waals surface area contributed by atoms with E-state index in [0.717, 1.165) is 0 Å². The van der Waals surface area contributed by atoms with Crippen molar-refractivity contribution < 1.29 is 8.42 Å². The first kappa shape index (κ1) is 13.6. The molecular formula is C12H14ClN3O3S. The molecule has 0 aliphatic carbocycles. The van der Waals surface area contributed by atoms with E-state index in [1.165, 1.54) is 6.07 Å². The standard InChI is InChI=1S/C12H14ClN3O3S/c1-7-11-10(17)4-8(5-13)14-12(11)16(15-7)9-2-3-20(18,19)6-9/h4,9H,2-3,5-6H2,1H3,(H,14,17)/t9-/m1/s1. The number of aromatic nitrogens is 3. The lowest BCUT2D eigenvalue weighted by Gasteiger charge is -2.10. The monoisotopic (exact) mass is 315 g/mol. The lowest BCUT2D eigenvalue weighted by molar-refractivity contribution is 0.509. The summed E-state index contributed by atoms with van der Waals surface area (Å²) in [5.74, 6) is 0.423. The molecule has 2 aromatic heterocycles. The highest BCUT2D eigenvalue weighted by molar-refractivity contribution is 7.91. The van der Waals surface area contributed by atoms with E-state index in [1.54, 1.807) is 11.6 Å². The number of hydrogen-bond acceptors (Lipinski definition) is 4. The SMILES string of the molecule is Cc1nn([C@@H]2CCS(=O)(=O)C2)c2[nH]c(CCl)cc(=O)c12. The van der Waals surface area contributed by atoms with Crippen LogP contribution in [0.4, 0.5) is 0 Å². The highest BCUT2D eigenvalue weighted by Gasteiger charge is 2.31. The lowest BCUT2D eigenvalue weighted by Crippen LogP contribution is -2.14. The Morgan fingerprint density at radius 3 is 2.90 bits per heavy atom. The second-order valence-electron chi connectivity index (χ2n) is 5.10. The van der Waals surface area contributed by atoms with Gasteiger partial charge in [-0.1, -0.05) is 0 Å². The quantitative estimate of drug-likeness (QED) is 0.842. The van der Waals surface area contributed by atoms with Crippen LogP contribution in [0, 0.1) is 6.92 Å². The number of sulfone groups is 1. The molecule has 6 nitrogen and oxygen atoms in total. The normalized spacial score (nSPS) is 21.6. The number of alkyl halides is 1. The number of nitrogens with zero attached hydrogens (tertiary/aromatic N) is 2. The summed E-state index contributed by atoms with van der Waals surface area (Å²) in [6, 6.07) is 1.23. The molecule has 1 fully saturated rings. The Bertz CT molecular complexity index is 837. The zero-order chi connectivity index (χ0) is 14.5. The van der Waals surface area contributed by atoms with Gasteiger partial charge in [0, 0.05) is 11.8 Å². The molecule has 0 amide bonds. The van der Waals surface area contributed by atoms with Gasteiger partial charge in [0.05, 0.1) is 34.5 Å². The molecule has 1 aliphatic heterocycles. The van der Waals surface area contributed by atoms with Crippen LogP contribution in [0.3, 0.4) is 0 Å². The summed E-state index contributed by atoms with van der Waals surface area (Å²) in [7, 11) is -3.01. The van der Waals surface area contributed by atoms with E-state index in [2.05, 4.69) is 10.1 Å². The molecule has 0 saturated carbocycles. The number of nitrogens with one attached hydrogen (secondary N) is 1.